The van der Waals surface area contributed by atoms with Crippen molar-refractivity contribution in [2.75, 3.05) is 6.54 Å². The van der Waals surface area contributed by atoms with Crippen molar-refractivity contribution >= 4 is 23.3 Å². The average Bonchev–Trinajstić information content (AvgIpc) is 3.13. The summed E-state index contributed by atoms with van der Waals surface area (Å²) in [5, 5.41) is 16.5. The van der Waals surface area contributed by atoms with Gasteiger partial charge in [-0.1, -0.05) is 13.0 Å². The number of carboxylic acid groups (broad SMARTS) is 1. The van der Waals surface area contributed by atoms with E-state index in [0.29, 0.717) is 19.4 Å². The van der Waals surface area contributed by atoms with Crippen LogP contribution in [-0.4, -0.2) is 35.9 Å². The number of carboxylic acids is 1. The highest BCUT2D eigenvalue weighted by atomic mass is 32.1. The number of carbonyl (C=O) groups is 2. The van der Waals surface area contributed by atoms with Gasteiger partial charge in [-0.3, -0.25) is 0 Å². The van der Waals surface area contributed by atoms with Gasteiger partial charge in [-0.2, -0.15) is 0 Å². The zero-order valence-corrected chi connectivity index (χ0v) is 12.7. The third-order valence-corrected chi connectivity index (χ3v) is 4.46. The predicted octanol–water partition coefficient (Wildman–Crippen LogP) is 2.13. The average molecular weight is 312 g/mol. The molecular formula is C14H20N2O4S. The smallest absolute Gasteiger partial charge is 0.332 e. The van der Waals surface area contributed by atoms with E-state index >= 15 is 0 Å². The van der Waals surface area contributed by atoms with E-state index in [0.717, 1.165) is 11.3 Å². The van der Waals surface area contributed by atoms with Crippen molar-refractivity contribution in [1.82, 2.24) is 10.6 Å². The number of hydrogen-bond donors (Lipinski definition) is 3. The van der Waals surface area contributed by atoms with Crippen LogP contribution in [0, 0.1) is 0 Å². The van der Waals surface area contributed by atoms with Crippen molar-refractivity contribution in [1.29, 1.82) is 0 Å². The molecule has 0 saturated carbocycles. The molecule has 1 aliphatic heterocycles. The van der Waals surface area contributed by atoms with Gasteiger partial charge in [0.2, 0.25) is 0 Å². The number of amides is 2. The zero-order valence-electron chi connectivity index (χ0n) is 11.9. The molecule has 1 aromatic rings. The molecule has 21 heavy (non-hydrogen) atoms. The van der Waals surface area contributed by atoms with Gasteiger partial charge in [-0.05, 0) is 30.7 Å². The monoisotopic (exact) mass is 312 g/mol. The van der Waals surface area contributed by atoms with Crippen LogP contribution in [0.25, 0.3) is 0 Å². The van der Waals surface area contributed by atoms with E-state index in [-0.39, 0.29) is 18.2 Å². The third-order valence-electron chi connectivity index (χ3n) is 3.47. The summed E-state index contributed by atoms with van der Waals surface area (Å²) in [6.07, 6.45) is 0.998. The lowest BCUT2D eigenvalue weighted by Crippen LogP contribution is -2.41. The number of hydrogen-bond acceptors (Lipinski definition) is 4. The number of urea groups is 1. The first-order valence-electron chi connectivity index (χ1n) is 7.06. The number of thiophene rings is 1. The van der Waals surface area contributed by atoms with Gasteiger partial charge >= 0.3 is 12.0 Å². The largest absolute Gasteiger partial charge is 0.479 e. The van der Waals surface area contributed by atoms with Crippen LogP contribution in [0.4, 0.5) is 4.79 Å². The molecule has 1 aromatic heterocycles. The molecule has 3 N–H and O–H groups in total. The fraction of sp³-hybridized carbons (Fsp3) is 0.571. The van der Waals surface area contributed by atoms with Crippen LogP contribution in [0.5, 0.6) is 0 Å². The first-order chi connectivity index (χ1) is 10.1. The van der Waals surface area contributed by atoms with Crippen LogP contribution in [0.2, 0.25) is 0 Å². The summed E-state index contributed by atoms with van der Waals surface area (Å²) in [4.78, 5) is 23.8. The van der Waals surface area contributed by atoms with Crippen LogP contribution in [0.1, 0.15) is 37.1 Å². The summed E-state index contributed by atoms with van der Waals surface area (Å²) < 4.78 is 5.34. The minimum atomic E-state index is -0.939. The lowest BCUT2D eigenvalue weighted by atomic mass is 10.2. The molecule has 2 amide bonds. The molecule has 6 nitrogen and oxygen atoms in total. The van der Waals surface area contributed by atoms with E-state index in [1.54, 1.807) is 11.3 Å². The van der Waals surface area contributed by atoms with Crippen LogP contribution in [0.3, 0.4) is 0 Å². The van der Waals surface area contributed by atoms with Crippen LogP contribution in [0.15, 0.2) is 17.5 Å². The Morgan fingerprint density at radius 1 is 1.52 bits per heavy atom. The first-order valence-corrected chi connectivity index (χ1v) is 7.94. The van der Waals surface area contributed by atoms with E-state index in [2.05, 4.69) is 10.6 Å². The Balaban J connectivity index is 1.74. The van der Waals surface area contributed by atoms with Crippen molar-refractivity contribution < 1.29 is 19.4 Å². The number of rotatable bonds is 6. The number of ether oxygens (including phenoxy) is 1. The van der Waals surface area contributed by atoms with Crippen molar-refractivity contribution in [3.05, 3.63) is 22.4 Å². The lowest BCUT2D eigenvalue weighted by molar-refractivity contribution is -0.149. The molecule has 7 heteroatoms. The highest BCUT2D eigenvalue weighted by Gasteiger charge is 2.30. The van der Waals surface area contributed by atoms with Gasteiger partial charge in [-0.15, -0.1) is 11.3 Å². The van der Waals surface area contributed by atoms with E-state index in [9.17, 15) is 9.59 Å². The topological polar surface area (TPSA) is 87.7 Å². The predicted molar refractivity (Wildman–Crippen MR) is 79.4 cm³/mol. The van der Waals surface area contributed by atoms with Gasteiger partial charge < -0.3 is 20.5 Å². The zero-order chi connectivity index (χ0) is 15.2. The highest BCUT2D eigenvalue weighted by Crippen LogP contribution is 2.22. The van der Waals surface area contributed by atoms with Gasteiger partial charge in [0.25, 0.3) is 0 Å². The van der Waals surface area contributed by atoms with Crippen molar-refractivity contribution in [3.8, 4) is 0 Å². The lowest BCUT2D eigenvalue weighted by Gasteiger charge is -2.17. The van der Waals surface area contributed by atoms with E-state index in [4.69, 9.17) is 9.84 Å². The Morgan fingerprint density at radius 3 is 2.90 bits per heavy atom. The van der Waals surface area contributed by atoms with E-state index in [1.807, 2.05) is 24.4 Å². The maximum atomic E-state index is 11.9. The molecular weight excluding hydrogens is 292 g/mol. The number of aliphatic carboxylic acids is 1. The fourth-order valence-corrected chi connectivity index (χ4v) is 3.18. The maximum absolute atomic E-state index is 11.9. The molecule has 1 aliphatic rings. The van der Waals surface area contributed by atoms with Gasteiger partial charge in [0.1, 0.15) is 0 Å². The van der Waals surface area contributed by atoms with Gasteiger partial charge in [0, 0.05) is 11.4 Å². The molecule has 0 aliphatic carbocycles. The Hall–Kier alpha value is -1.60. The normalized spacial score (nSPS) is 22.7. The first kappa shape index (κ1) is 15.8. The second-order valence-electron chi connectivity index (χ2n) is 4.99. The molecule has 0 radical (unpaired) electrons. The maximum Gasteiger partial charge on any atom is 0.332 e. The van der Waals surface area contributed by atoms with Gasteiger partial charge in [0.15, 0.2) is 6.10 Å². The quantitative estimate of drug-likeness (QED) is 0.751. The highest BCUT2D eigenvalue weighted by molar-refractivity contribution is 7.10. The number of carbonyl (C=O) groups excluding carboxylic acids is 1. The third kappa shape index (κ3) is 4.44. The minimum Gasteiger partial charge on any atom is -0.479 e. The van der Waals surface area contributed by atoms with Crippen LogP contribution in [-0.2, 0) is 9.53 Å². The van der Waals surface area contributed by atoms with Crippen LogP contribution >= 0.6 is 11.3 Å². The standard InChI is InChI=1S/C14H20N2O4S/c1-2-10(12-4-3-7-21-12)16-14(19)15-8-9-5-6-11(20-9)13(17)18/h3-4,7,9-11H,2,5-6,8H2,1H3,(H,17,18)(H2,15,16,19). The summed E-state index contributed by atoms with van der Waals surface area (Å²) in [7, 11) is 0. The van der Waals surface area contributed by atoms with E-state index in [1.165, 1.54) is 0 Å². The van der Waals surface area contributed by atoms with Gasteiger partial charge in [-0.25, -0.2) is 9.59 Å². The molecule has 1 fully saturated rings. The summed E-state index contributed by atoms with van der Waals surface area (Å²) in [5.41, 5.74) is 0. The second-order valence-corrected chi connectivity index (χ2v) is 5.97. The Morgan fingerprint density at radius 2 is 2.33 bits per heavy atom. The summed E-state index contributed by atoms with van der Waals surface area (Å²) in [6, 6.07) is 3.70. The summed E-state index contributed by atoms with van der Waals surface area (Å²) >= 11 is 1.61. The van der Waals surface area contributed by atoms with Crippen molar-refractivity contribution in [3.63, 3.8) is 0 Å². The van der Waals surface area contributed by atoms with E-state index < -0.39 is 12.1 Å². The second kappa shape index (κ2) is 7.42. The molecule has 1 saturated heterocycles. The minimum absolute atomic E-state index is 0.00117. The number of nitrogens with one attached hydrogen (secondary N) is 2. The van der Waals surface area contributed by atoms with Crippen LogP contribution < -0.4 is 10.6 Å². The fourth-order valence-electron chi connectivity index (χ4n) is 2.32. The van der Waals surface area contributed by atoms with Gasteiger partial charge in [0.05, 0.1) is 12.1 Å². The molecule has 3 atom stereocenters. The summed E-state index contributed by atoms with van der Waals surface area (Å²) in [5.74, 6) is -0.939. The molecule has 0 bridgehead atoms. The molecule has 2 heterocycles. The molecule has 3 unspecified atom stereocenters. The Kier molecular flexibility index (Phi) is 5.58. The van der Waals surface area contributed by atoms with Crippen molar-refractivity contribution in [2.24, 2.45) is 0 Å². The SMILES string of the molecule is CCC(NC(=O)NCC1CCC(C(=O)O)O1)c1cccs1. The van der Waals surface area contributed by atoms with Crippen molar-refractivity contribution in [2.45, 2.75) is 44.4 Å². The Labute approximate surface area is 127 Å². The summed E-state index contributed by atoms with van der Waals surface area (Å²) in [6.45, 7) is 2.35. The molecule has 0 spiro atoms. The molecule has 0 aromatic carbocycles. The molecule has 2 rings (SSSR count). The Bertz CT molecular complexity index is 477. The molecule has 116 valence electrons.